The fourth-order valence-corrected chi connectivity index (χ4v) is 2.19. The lowest BCUT2D eigenvalue weighted by molar-refractivity contribution is -0.137. The molecule has 0 unspecified atom stereocenters. The molecule has 2 rings (SSSR count). The summed E-state index contributed by atoms with van der Waals surface area (Å²) >= 11 is 0. The Balaban J connectivity index is 1.78. The molecule has 2 aromatic carbocycles. The SMILES string of the molecule is CN(C)c1ccc(C=NNC(=O)CNC(=O)Nc2cccc(C(F)(F)F)c2)cc1. The summed E-state index contributed by atoms with van der Waals surface area (Å²) in [5.41, 5.74) is 3.10. The van der Waals surface area contributed by atoms with Gasteiger partial charge in [-0.1, -0.05) is 18.2 Å². The van der Waals surface area contributed by atoms with Gasteiger partial charge in [0.1, 0.15) is 6.54 Å². The summed E-state index contributed by atoms with van der Waals surface area (Å²) in [6, 6.07) is 10.8. The monoisotopic (exact) mass is 407 g/mol. The first-order valence-corrected chi connectivity index (χ1v) is 8.46. The van der Waals surface area contributed by atoms with Crippen molar-refractivity contribution in [3.05, 3.63) is 59.7 Å². The van der Waals surface area contributed by atoms with Crippen LogP contribution < -0.4 is 21.0 Å². The van der Waals surface area contributed by atoms with E-state index in [0.717, 1.165) is 23.4 Å². The Labute approximate surface area is 165 Å². The molecule has 7 nitrogen and oxygen atoms in total. The number of halogens is 3. The van der Waals surface area contributed by atoms with Gasteiger partial charge in [-0.3, -0.25) is 4.79 Å². The van der Waals surface area contributed by atoms with Gasteiger partial charge in [0.05, 0.1) is 11.8 Å². The molecule has 0 fully saturated rings. The normalized spacial score (nSPS) is 11.2. The van der Waals surface area contributed by atoms with Gasteiger partial charge < -0.3 is 15.5 Å². The first-order chi connectivity index (χ1) is 13.6. The molecule has 0 saturated carbocycles. The molecule has 0 bridgehead atoms. The molecule has 0 spiro atoms. The minimum atomic E-state index is -4.52. The summed E-state index contributed by atoms with van der Waals surface area (Å²) in [5.74, 6) is -0.592. The maximum Gasteiger partial charge on any atom is 0.416 e. The van der Waals surface area contributed by atoms with Gasteiger partial charge in [0.25, 0.3) is 5.91 Å². The molecule has 0 aliphatic carbocycles. The quantitative estimate of drug-likeness (QED) is 0.508. The zero-order valence-electron chi connectivity index (χ0n) is 15.7. The maximum absolute atomic E-state index is 12.7. The average molecular weight is 407 g/mol. The Morgan fingerprint density at radius 2 is 1.79 bits per heavy atom. The number of hydrogen-bond acceptors (Lipinski definition) is 4. The number of urea groups is 1. The van der Waals surface area contributed by atoms with Crippen LogP contribution in [0.3, 0.4) is 0 Å². The Kier molecular flexibility index (Phi) is 7.18. The van der Waals surface area contributed by atoms with Crippen molar-refractivity contribution in [1.82, 2.24) is 10.7 Å². The molecular formula is C19H20F3N5O2. The summed E-state index contributed by atoms with van der Waals surface area (Å²) in [6.45, 7) is -0.401. The van der Waals surface area contributed by atoms with E-state index in [1.165, 1.54) is 18.3 Å². The molecular weight excluding hydrogens is 387 g/mol. The van der Waals surface area contributed by atoms with Crippen LogP contribution in [-0.2, 0) is 11.0 Å². The van der Waals surface area contributed by atoms with Crippen LogP contribution >= 0.6 is 0 Å². The van der Waals surface area contributed by atoms with Crippen LogP contribution in [0.2, 0.25) is 0 Å². The first-order valence-electron chi connectivity index (χ1n) is 8.46. The van der Waals surface area contributed by atoms with E-state index >= 15 is 0 Å². The lowest BCUT2D eigenvalue weighted by Gasteiger charge is -2.11. The molecule has 0 aliphatic heterocycles. The zero-order valence-corrected chi connectivity index (χ0v) is 15.7. The molecule has 29 heavy (non-hydrogen) atoms. The Bertz CT molecular complexity index is 880. The van der Waals surface area contributed by atoms with E-state index in [9.17, 15) is 22.8 Å². The van der Waals surface area contributed by atoms with E-state index in [1.807, 2.05) is 43.3 Å². The number of benzene rings is 2. The predicted octanol–water partition coefficient (Wildman–Crippen LogP) is 3.04. The van der Waals surface area contributed by atoms with E-state index in [0.29, 0.717) is 0 Å². The van der Waals surface area contributed by atoms with Crippen LogP contribution in [0.15, 0.2) is 53.6 Å². The highest BCUT2D eigenvalue weighted by Gasteiger charge is 2.30. The molecule has 2 aromatic rings. The molecule has 0 aromatic heterocycles. The standard InChI is InChI=1S/C19H20F3N5O2/c1-27(2)16-8-6-13(7-9-16)11-24-26-17(28)12-23-18(29)25-15-5-3-4-14(10-15)19(20,21)22/h3-11H,12H2,1-2H3,(H,26,28)(H2,23,25,29). The Morgan fingerprint density at radius 3 is 2.41 bits per heavy atom. The van der Waals surface area contributed by atoms with E-state index in [2.05, 4.69) is 21.2 Å². The van der Waals surface area contributed by atoms with Crippen LogP contribution in [0.4, 0.5) is 29.3 Å². The topological polar surface area (TPSA) is 85.8 Å². The Hall–Kier alpha value is -3.56. The van der Waals surface area contributed by atoms with Crippen molar-refractivity contribution in [2.75, 3.05) is 30.9 Å². The second-order valence-electron chi connectivity index (χ2n) is 6.17. The Morgan fingerprint density at radius 1 is 1.10 bits per heavy atom. The third-order valence-electron chi connectivity index (χ3n) is 3.67. The van der Waals surface area contributed by atoms with Gasteiger partial charge >= 0.3 is 12.2 Å². The van der Waals surface area contributed by atoms with E-state index in [4.69, 9.17) is 0 Å². The summed E-state index contributed by atoms with van der Waals surface area (Å²) in [7, 11) is 3.83. The van der Waals surface area contributed by atoms with Crippen molar-refractivity contribution >= 4 is 29.5 Å². The fourth-order valence-electron chi connectivity index (χ4n) is 2.19. The van der Waals surface area contributed by atoms with Gasteiger partial charge in [0.15, 0.2) is 0 Å². The van der Waals surface area contributed by atoms with E-state index in [1.54, 1.807) is 0 Å². The second kappa shape index (κ2) is 9.58. The van der Waals surface area contributed by atoms with Crippen molar-refractivity contribution in [3.63, 3.8) is 0 Å². The van der Waals surface area contributed by atoms with Crippen LogP contribution in [0.1, 0.15) is 11.1 Å². The number of hydrazone groups is 1. The van der Waals surface area contributed by atoms with Crippen molar-refractivity contribution in [2.24, 2.45) is 5.10 Å². The molecule has 3 amide bonds. The highest BCUT2D eigenvalue weighted by Crippen LogP contribution is 2.30. The number of carbonyl (C=O) groups excluding carboxylic acids is 2. The minimum absolute atomic E-state index is 0.0445. The number of rotatable bonds is 6. The molecule has 0 aliphatic rings. The van der Waals surface area contributed by atoms with Crippen molar-refractivity contribution < 1.29 is 22.8 Å². The van der Waals surface area contributed by atoms with Gasteiger partial charge in [0.2, 0.25) is 0 Å². The third-order valence-corrected chi connectivity index (χ3v) is 3.67. The zero-order chi connectivity index (χ0) is 21.4. The smallest absolute Gasteiger partial charge is 0.378 e. The minimum Gasteiger partial charge on any atom is -0.378 e. The number of nitrogens with zero attached hydrogens (tertiary/aromatic N) is 2. The maximum atomic E-state index is 12.7. The largest absolute Gasteiger partial charge is 0.416 e. The first kappa shape index (κ1) is 21.7. The van der Waals surface area contributed by atoms with Crippen molar-refractivity contribution in [2.45, 2.75) is 6.18 Å². The molecule has 0 radical (unpaired) electrons. The fraction of sp³-hybridized carbons (Fsp3) is 0.211. The van der Waals surface area contributed by atoms with Crippen LogP contribution in [0.5, 0.6) is 0 Å². The van der Waals surface area contributed by atoms with Crippen LogP contribution in [-0.4, -0.2) is 38.8 Å². The number of amides is 3. The predicted molar refractivity (Wildman–Crippen MR) is 105 cm³/mol. The van der Waals surface area contributed by atoms with Crippen molar-refractivity contribution in [1.29, 1.82) is 0 Å². The highest BCUT2D eigenvalue weighted by molar-refractivity contribution is 5.92. The third kappa shape index (κ3) is 7.17. The molecule has 0 atom stereocenters. The molecule has 0 heterocycles. The lowest BCUT2D eigenvalue weighted by atomic mass is 10.2. The summed E-state index contributed by atoms with van der Waals surface area (Å²) < 4.78 is 38.0. The van der Waals surface area contributed by atoms with Gasteiger partial charge in [-0.2, -0.15) is 18.3 Å². The van der Waals surface area contributed by atoms with Gasteiger partial charge in [-0.15, -0.1) is 0 Å². The van der Waals surface area contributed by atoms with Gasteiger partial charge in [0, 0.05) is 25.5 Å². The summed E-state index contributed by atoms with van der Waals surface area (Å²) in [4.78, 5) is 25.4. The van der Waals surface area contributed by atoms with Crippen molar-refractivity contribution in [3.8, 4) is 0 Å². The number of carbonyl (C=O) groups is 2. The lowest BCUT2D eigenvalue weighted by Crippen LogP contribution is -2.37. The van der Waals surface area contributed by atoms with Gasteiger partial charge in [-0.25, -0.2) is 10.2 Å². The highest BCUT2D eigenvalue weighted by atomic mass is 19.4. The number of alkyl halides is 3. The second-order valence-corrected chi connectivity index (χ2v) is 6.17. The summed E-state index contributed by atoms with van der Waals surface area (Å²) in [6.07, 6.45) is -3.07. The van der Waals surface area contributed by atoms with E-state index in [-0.39, 0.29) is 5.69 Å². The molecule has 154 valence electrons. The number of hydrogen-bond donors (Lipinski definition) is 3. The average Bonchev–Trinajstić information content (AvgIpc) is 2.66. The number of nitrogens with one attached hydrogen (secondary N) is 3. The number of anilines is 2. The van der Waals surface area contributed by atoms with Crippen LogP contribution in [0.25, 0.3) is 0 Å². The summed E-state index contributed by atoms with van der Waals surface area (Å²) in [5, 5.41) is 8.25. The molecule has 10 heteroatoms. The molecule has 0 saturated heterocycles. The molecule has 3 N–H and O–H groups in total. The van der Waals surface area contributed by atoms with Gasteiger partial charge in [-0.05, 0) is 35.9 Å². The van der Waals surface area contributed by atoms with Crippen LogP contribution in [0, 0.1) is 0 Å². The van der Waals surface area contributed by atoms with E-state index < -0.39 is 30.2 Å².